The van der Waals surface area contributed by atoms with Crippen LogP contribution in [-0.4, -0.2) is 24.7 Å². The van der Waals surface area contributed by atoms with Gasteiger partial charge in [-0.3, -0.25) is 9.59 Å². The van der Waals surface area contributed by atoms with E-state index in [1.807, 2.05) is 18.2 Å². The molecule has 28 heavy (non-hydrogen) atoms. The van der Waals surface area contributed by atoms with Gasteiger partial charge in [0.2, 0.25) is 0 Å². The van der Waals surface area contributed by atoms with Gasteiger partial charge in [-0.2, -0.15) is 0 Å². The van der Waals surface area contributed by atoms with Crippen molar-refractivity contribution in [3.05, 3.63) is 87.3 Å². The first-order valence-electron chi connectivity index (χ1n) is 8.49. The van der Waals surface area contributed by atoms with E-state index in [1.165, 1.54) is 26.4 Å². The molecule has 0 aliphatic rings. The Morgan fingerprint density at radius 2 is 1.82 bits per heavy atom. The molecule has 0 radical (unpaired) electrons. The topological polar surface area (TPSA) is 69.6 Å². The molecule has 0 saturated carbocycles. The van der Waals surface area contributed by atoms with Crippen LogP contribution < -0.4 is 20.3 Å². The predicted molar refractivity (Wildman–Crippen MR) is 109 cm³/mol. The summed E-state index contributed by atoms with van der Waals surface area (Å²) in [7, 11) is 2.96. The second-order valence-electron chi connectivity index (χ2n) is 6.01. The molecule has 0 saturated heterocycles. The number of nitrogens with one attached hydrogen (secondary N) is 1. The number of anilines is 1. The molecule has 3 aromatic rings. The Kier molecular flexibility index (Phi) is 6.01. The summed E-state index contributed by atoms with van der Waals surface area (Å²) in [5, 5.41) is 3.10. The fraction of sp³-hybridized carbons (Fsp3) is 0.143. The molecule has 0 fully saturated rings. The first kappa shape index (κ1) is 19.5. The molecule has 0 atom stereocenters. The molecular weight excluding hydrogens is 380 g/mol. The van der Waals surface area contributed by atoms with E-state index in [0.717, 1.165) is 5.56 Å². The SMILES string of the molecule is COc1cc(C(=O)Nc2ccc(Cn3ccccc3=O)cc2)cc(Cl)c1OC. The van der Waals surface area contributed by atoms with E-state index in [9.17, 15) is 9.59 Å². The minimum atomic E-state index is -0.324. The molecule has 2 aromatic carbocycles. The van der Waals surface area contributed by atoms with E-state index < -0.39 is 0 Å². The van der Waals surface area contributed by atoms with E-state index in [-0.39, 0.29) is 16.5 Å². The van der Waals surface area contributed by atoms with Gasteiger partial charge in [-0.05, 0) is 35.9 Å². The van der Waals surface area contributed by atoms with Crippen LogP contribution >= 0.6 is 11.6 Å². The van der Waals surface area contributed by atoms with Crippen LogP contribution in [-0.2, 0) is 6.54 Å². The normalized spacial score (nSPS) is 10.4. The lowest BCUT2D eigenvalue weighted by molar-refractivity contribution is 0.102. The number of rotatable bonds is 6. The van der Waals surface area contributed by atoms with Gasteiger partial charge in [0.25, 0.3) is 11.5 Å². The van der Waals surface area contributed by atoms with Crippen LogP contribution in [0.2, 0.25) is 5.02 Å². The summed E-state index contributed by atoms with van der Waals surface area (Å²) in [4.78, 5) is 24.3. The molecule has 0 bridgehead atoms. The second kappa shape index (κ2) is 8.63. The third kappa shape index (κ3) is 4.35. The number of ether oxygens (including phenoxy) is 2. The van der Waals surface area contributed by atoms with Crippen LogP contribution in [0.25, 0.3) is 0 Å². The number of hydrogen-bond donors (Lipinski definition) is 1. The maximum atomic E-state index is 12.5. The van der Waals surface area contributed by atoms with Crippen LogP contribution in [0, 0.1) is 0 Å². The lowest BCUT2D eigenvalue weighted by Gasteiger charge is -2.12. The van der Waals surface area contributed by atoms with Crippen LogP contribution in [0.4, 0.5) is 5.69 Å². The van der Waals surface area contributed by atoms with Crippen LogP contribution in [0.15, 0.2) is 65.6 Å². The van der Waals surface area contributed by atoms with Crippen molar-refractivity contribution in [1.29, 1.82) is 0 Å². The molecule has 0 spiro atoms. The highest BCUT2D eigenvalue weighted by Gasteiger charge is 2.15. The molecule has 144 valence electrons. The summed E-state index contributed by atoms with van der Waals surface area (Å²) >= 11 is 6.16. The second-order valence-corrected chi connectivity index (χ2v) is 6.42. The maximum absolute atomic E-state index is 12.5. The summed E-state index contributed by atoms with van der Waals surface area (Å²) in [6.07, 6.45) is 1.73. The molecule has 1 aromatic heterocycles. The molecule has 6 nitrogen and oxygen atoms in total. The highest BCUT2D eigenvalue weighted by atomic mass is 35.5. The zero-order chi connectivity index (χ0) is 20.1. The van der Waals surface area contributed by atoms with Crippen LogP contribution in [0.1, 0.15) is 15.9 Å². The van der Waals surface area contributed by atoms with E-state index >= 15 is 0 Å². The predicted octanol–water partition coefficient (Wildman–Crippen LogP) is 3.82. The fourth-order valence-electron chi connectivity index (χ4n) is 2.73. The van der Waals surface area contributed by atoms with Gasteiger partial charge in [0.1, 0.15) is 0 Å². The van der Waals surface area contributed by atoms with Crippen molar-refractivity contribution in [2.45, 2.75) is 6.54 Å². The molecule has 0 aliphatic carbocycles. The van der Waals surface area contributed by atoms with Gasteiger partial charge in [0.05, 0.1) is 25.8 Å². The first-order valence-corrected chi connectivity index (χ1v) is 8.87. The number of pyridine rings is 1. The summed E-state index contributed by atoms with van der Waals surface area (Å²) in [5.74, 6) is 0.430. The fourth-order valence-corrected chi connectivity index (χ4v) is 3.02. The lowest BCUT2D eigenvalue weighted by Crippen LogP contribution is -2.18. The number of nitrogens with zero attached hydrogens (tertiary/aromatic N) is 1. The van der Waals surface area contributed by atoms with Gasteiger partial charge in [-0.25, -0.2) is 0 Å². The largest absolute Gasteiger partial charge is 0.493 e. The van der Waals surface area contributed by atoms with Gasteiger partial charge < -0.3 is 19.4 Å². The number of aromatic nitrogens is 1. The number of hydrogen-bond acceptors (Lipinski definition) is 4. The summed E-state index contributed by atoms with van der Waals surface area (Å²) in [5.41, 5.74) is 1.85. The van der Waals surface area contributed by atoms with Crippen molar-refractivity contribution in [1.82, 2.24) is 4.57 Å². The third-order valence-corrected chi connectivity index (χ3v) is 4.44. The van der Waals surface area contributed by atoms with Gasteiger partial charge in [0.15, 0.2) is 11.5 Å². The molecular formula is C21H19ClN2O4. The van der Waals surface area contributed by atoms with Crippen LogP contribution in [0.5, 0.6) is 11.5 Å². The number of benzene rings is 2. The number of halogens is 1. The Labute approximate surface area is 167 Å². The van der Waals surface area contributed by atoms with Gasteiger partial charge >= 0.3 is 0 Å². The third-order valence-electron chi connectivity index (χ3n) is 4.16. The average Bonchev–Trinajstić information content (AvgIpc) is 2.70. The standard InChI is InChI=1S/C21H19ClN2O4/c1-27-18-12-15(11-17(22)20(18)28-2)21(26)23-16-8-6-14(7-9-16)13-24-10-4-3-5-19(24)25/h3-12H,13H2,1-2H3,(H,23,26). The van der Waals surface area contributed by atoms with E-state index in [0.29, 0.717) is 29.3 Å². The molecule has 0 unspecified atom stereocenters. The van der Waals surface area contributed by atoms with Crippen molar-refractivity contribution in [2.75, 3.05) is 19.5 Å². The Balaban J connectivity index is 1.74. The van der Waals surface area contributed by atoms with E-state index in [2.05, 4.69) is 5.32 Å². The van der Waals surface area contributed by atoms with E-state index in [1.54, 1.807) is 35.0 Å². The number of amides is 1. The number of carbonyl (C=O) groups excluding carboxylic acids is 1. The van der Waals surface area contributed by atoms with Crippen molar-refractivity contribution in [3.8, 4) is 11.5 Å². The van der Waals surface area contributed by atoms with Crippen molar-refractivity contribution < 1.29 is 14.3 Å². The molecule has 1 amide bonds. The lowest BCUT2D eigenvalue weighted by atomic mass is 10.1. The van der Waals surface area contributed by atoms with Crippen molar-refractivity contribution >= 4 is 23.2 Å². The number of methoxy groups -OCH3 is 2. The molecule has 0 aliphatic heterocycles. The minimum Gasteiger partial charge on any atom is -0.493 e. The summed E-state index contributed by atoms with van der Waals surface area (Å²) in [6.45, 7) is 0.458. The molecule has 1 heterocycles. The summed E-state index contributed by atoms with van der Waals surface area (Å²) < 4.78 is 12.0. The quantitative estimate of drug-likeness (QED) is 0.685. The zero-order valence-electron chi connectivity index (χ0n) is 15.4. The first-order chi connectivity index (χ1) is 13.5. The van der Waals surface area contributed by atoms with Crippen molar-refractivity contribution in [3.63, 3.8) is 0 Å². The Hall–Kier alpha value is -3.25. The minimum absolute atomic E-state index is 0.0646. The van der Waals surface area contributed by atoms with E-state index in [4.69, 9.17) is 21.1 Å². The molecule has 1 N–H and O–H groups in total. The highest BCUT2D eigenvalue weighted by molar-refractivity contribution is 6.32. The Morgan fingerprint density at radius 3 is 2.46 bits per heavy atom. The van der Waals surface area contributed by atoms with Gasteiger partial charge in [0, 0.05) is 23.5 Å². The van der Waals surface area contributed by atoms with Gasteiger partial charge in [-0.15, -0.1) is 0 Å². The summed E-state index contributed by atoms with van der Waals surface area (Å²) in [6, 6.07) is 15.4. The smallest absolute Gasteiger partial charge is 0.255 e. The monoisotopic (exact) mass is 398 g/mol. The average molecular weight is 399 g/mol. The molecule has 7 heteroatoms. The Bertz CT molecular complexity index is 1050. The molecule has 3 rings (SSSR count). The van der Waals surface area contributed by atoms with Crippen LogP contribution in [0.3, 0.4) is 0 Å². The van der Waals surface area contributed by atoms with Crippen molar-refractivity contribution in [2.24, 2.45) is 0 Å². The Morgan fingerprint density at radius 1 is 1.07 bits per heavy atom. The number of carbonyl (C=O) groups is 1. The zero-order valence-corrected chi connectivity index (χ0v) is 16.2. The maximum Gasteiger partial charge on any atom is 0.255 e. The van der Waals surface area contributed by atoms with Gasteiger partial charge in [-0.1, -0.05) is 29.8 Å². The highest BCUT2D eigenvalue weighted by Crippen LogP contribution is 2.36.